The largest absolute Gasteiger partial charge is 0.438 e. The van der Waals surface area contributed by atoms with Crippen LogP contribution in [0.2, 0.25) is 0 Å². The van der Waals surface area contributed by atoms with Crippen molar-refractivity contribution in [3.05, 3.63) is 35.9 Å². The summed E-state index contributed by atoms with van der Waals surface area (Å²) in [7, 11) is 1.41. The van der Waals surface area contributed by atoms with Gasteiger partial charge in [0, 0.05) is 25.6 Å². The standard InChI is InChI=1S/C20H25NO7/c1-3-4-8-11-21-20(23)28-17-15(22)16-14(26-19(17)24-2)12-25-18(27-16)13-9-6-5-7-10-13/h1,5-7,9-10,14-19,22H,4,8,11-12H2,2H3,(H,21,23)/t14-,15+,16-,17-,18?,19+/m1/s1. The van der Waals surface area contributed by atoms with Gasteiger partial charge in [-0.05, 0) is 6.42 Å². The van der Waals surface area contributed by atoms with Crippen LogP contribution >= 0.6 is 0 Å². The molecule has 8 nitrogen and oxygen atoms in total. The fourth-order valence-corrected chi connectivity index (χ4v) is 3.21. The van der Waals surface area contributed by atoms with Crippen LogP contribution in [0.3, 0.4) is 0 Å². The van der Waals surface area contributed by atoms with Gasteiger partial charge in [-0.25, -0.2) is 4.79 Å². The molecule has 2 heterocycles. The molecule has 2 fully saturated rings. The first-order chi connectivity index (χ1) is 13.6. The summed E-state index contributed by atoms with van der Waals surface area (Å²) >= 11 is 0. The molecule has 8 heteroatoms. The first-order valence-corrected chi connectivity index (χ1v) is 9.20. The molecular weight excluding hydrogens is 366 g/mol. The Morgan fingerprint density at radius 3 is 2.86 bits per heavy atom. The molecule has 2 aliphatic rings. The van der Waals surface area contributed by atoms with E-state index in [1.54, 1.807) is 0 Å². The van der Waals surface area contributed by atoms with Crippen molar-refractivity contribution >= 4 is 6.09 Å². The van der Waals surface area contributed by atoms with E-state index in [9.17, 15) is 9.90 Å². The molecule has 0 radical (unpaired) electrons. The maximum atomic E-state index is 12.1. The van der Waals surface area contributed by atoms with Crippen molar-refractivity contribution < 1.29 is 33.6 Å². The zero-order chi connectivity index (χ0) is 19.9. The van der Waals surface area contributed by atoms with Crippen molar-refractivity contribution in [2.75, 3.05) is 20.3 Å². The summed E-state index contributed by atoms with van der Waals surface area (Å²) in [5.41, 5.74) is 0.825. The second kappa shape index (κ2) is 9.87. The third-order valence-electron chi connectivity index (χ3n) is 4.62. The van der Waals surface area contributed by atoms with Crippen LogP contribution in [-0.2, 0) is 23.7 Å². The molecule has 0 aromatic heterocycles. The number of methoxy groups -OCH3 is 1. The van der Waals surface area contributed by atoms with E-state index < -0.39 is 43.1 Å². The number of ether oxygens (including phenoxy) is 5. The zero-order valence-electron chi connectivity index (χ0n) is 15.7. The number of unbranched alkanes of at least 4 members (excludes halogenated alkanes) is 1. The van der Waals surface area contributed by atoms with E-state index in [2.05, 4.69) is 11.2 Å². The van der Waals surface area contributed by atoms with Crippen molar-refractivity contribution in [1.82, 2.24) is 5.32 Å². The lowest BCUT2D eigenvalue weighted by Gasteiger charge is -2.46. The summed E-state index contributed by atoms with van der Waals surface area (Å²) in [5, 5.41) is 13.4. The average molecular weight is 391 g/mol. The van der Waals surface area contributed by atoms with Gasteiger partial charge >= 0.3 is 6.09 Å². The average Bonchev–Trinajstić information content (AvgIpc) is 2.73. The number of hydrogen-bond acceptors (Lipinski definition) is 7. The lowest BCUT2D eigenvalue weighted by Crippen LogP contribution is -2.63. The van der Waals surface area contributed by atoms with Crippen LogP contribution in [0.15, 0.2) is 30.3 Å². The minimum absolute atomic E-state index is 0.214. The Morgan fingerprint density at radius 2 is 2.14 bits per heavy atom. The van der Waals surface area contributed by atoms with E-state index in [0.717, 1.165) is 5.56 Å². The minimum Gasteiger partial charge on any atom is -0.438 e. The Morgan fingerprint density at radius 1 is 1.36 bits per heavy atom. The van der Waals surface area contributed by atoms with Gasteiger partial charge in [-0.2, -0.15) is 0 Å². The Labute approximate surface area is 164 Å². The molecule has 3 rings (SSSR count). The molecule has 0 spiro atoms. The molecule has 1 amide bonds. The van der Waals surface area contributed by atoms with Crippen LogP contribution in [0.25, 0.3) is 0 Å². The predicted molar refractivity (Wildman–Crippen MR) is 98.0 cm³/mol. The minimum atomic E-state index is -1.14. The third-order valence-corrected chi connectivity index (χ3v) is 4.62. The summed E-state index contributed by atoms with van der Waals surface area (Å²) in [6.07, 6.45) is 0.636. The van der Waals surface area contributed by atoms with E-state index in [0.29, 0.717) is 19.4 Å². The number of aliphatic hydroxyl groups is 1. The van der Waals surface area contributed by atoms with Crippen molar-refractivity contribution in [1.29, 1.82) is 0 Å². The van der Waals surface area contributed by atoms with Gasteiger partial charge in [0.15, 0.2) is 18.7 Å². The van der Waals surface area contributed by atoms with Crippen LogP contribution in [0.5, 0.6) is 0 Å². The van der Waals surface area contributed by atoms with E-state index in [1.807, 2.05) is 30.3 Å². The summed E-state index contributed by atoms with van der Waals surface area (Å²) in [6.45, 7) is 0.586. The molecule has 6 atom stereocenters. The summed E-state index contributed by atoms with van der Waals surface area (Å²) in [5.74, 6) is 2.49. The molecule has 28 heavy (non-hydrogen) atoms. The second-order valence-electron chi connectivity index (χ2n) is 6.55. The lowest BCUT2D eigenvalue weighted by atomic mass is 9.97. The molecule has 0 saturated carbocycles. The summed E-state index contributed by atoms with van der Waals surface area (Å²) < 4.78 is 28.0. The van der Waals surface area contributed by atoms with Crippen LogP contribution < -0.4 is 5.32 Å². The van der Waals surface area contributed by atoms with Gasteiger partial charge in [-0.1, -0.05) is 30.3 Å². The maximum Gasteiger partial charge on any atom is 0.407 e. The molecule has 1 unspecified atom stereocenters. The second-order valence-corrected chi connectivity index (χ2v) is 6.55. The van der Waals surface area contributed by atoms with Gasteiger partial charge in [-0.3, -0.25) is 0 Å². The quantitative estimate of drug-likeness (QED) is 0.558. The highest BCUT2D eigenvalue weighted by atomic mass is 16.8. The highest BCUT2D eigenvalue weighted by Crippen LogP contribution is 2.35. The number of terminal acetylenes is 1. The van der Waals surface area contributed by atoms with E-state index in [-0.39, 0.29) is 6.61 Å². The molecule has 152 valence electrons. The zero-order valence-corrected chi connectivity index (χ0v) is 15.7. The van der Waals surface area contributed by atoms with Crippen LogP contribution in [-0.4, -0.2) is 62.2 Å². The fraction of sp³-hybridized carbons (Fsp3) is 0.550. The molecule has 1 aromatic rings. The number of fused-ring (bicyclic) bond motifs is 1. The lowest BCUT2D eigenvalue weighted by molar-refractivity contribution is -0.357. The summed E-state index contributed by atoms with van der Waals surface area (Å²) in [6, 6.07) is 9.38. The number of benzene rings is 1. The number of rotatable bonds is 6. The van der Waals surface area contributed by atoms with Gasteiger partial charge in [0.05, 0.1) is 6.61 Å². The van der Waals surface area contributed by atoms with Crippen LogP contribution in [0.1, 0.15) is 24.7 Å². The first-order valence-electron chi connectivity index (χ1n) is 9.20. The summed E-state index contributed by atoms with van der Waals surface area (Å²) in [4.78, 5) is 12.1. The smallest absolute Gasteiger partial charge is 0.407 e. The monoisotopic (exact) mass is 391 g/mol. The number of amides is 1. The predicted octanol–water partition coefficient (Wildman–Crippen LogP) is 1.34. The third kappa shape index (κ3) is 4.82. The first kappa shape index (κ1) is 20.6. The highest BCUT2D eigenvalue weighted by molar-refractivity contribution is 5.67. The molecule has 2 saturated heterocycles. The molecule has 2 N–H and O–H groups in total. The SMILES string of the molecule is C#CCCCNC(=O)O[C@H]1[C@@H](OC)O[C@@H]2COC(c3ccccc3)O[C@H]2[C@@H]1O. The fourth-order valence-electron chi connectivity index (χ4n) is 3.21. The highest BCUT2D eigenvalue weighted by Gasteiger charge is 2.51. The Kier molecular flexibility index (Phi) is 7.25. The van der Waals surface area contributed by atoms with E-state index in [4.69, 9.17) is 30.1 Å². The Bertz CT molecular complexity index is 677. The number of carbonyl (C=O) groups excluding carboxylic acids is 1. The van der Waals surface area contributed by atoms with Gasteiger partial charge in [0.2, 0.25) is 0 Å². The van der Waals surface area contributed by atoms with Gasteiger partial charge in [-0.15, -0.1) is 12.3 Å². The van der Waals surface area contributed by atoms with Crippen molar-refractivity contribution in [3.8, 4) is 12.3 Å². The van der Waals surface area contributed by atoms with Crippen LogP contribution in [0, 0.1) is 12.3 Å². The molecule has 0 aliphatic carbocycles. The molecule has 2 aliphatic heterocycles. The maximum absolute atomic E-state index is 12.1. The molecule has 1 aromatic carbocycles. The van der Waals surface area contributed by atoms with Crippen molar-refractivity contribution in [2.24, 2.45) is 0 Å². The van der Waals surface area contributed by atoms with Crippen molar-refractivity contribution in [3.63, 3.8) is 0 Å². The van der Waals surface area contributed by atoms with E-state index >= 15 is 0 Å². The Hall–Kier alpha value is -2.15. The van der Waals surface area contributed by atoms with Crippen molar-refractivity contribution in [2.45, 2.75) is 49.8 Å². The number of aliphatic hydroxyl groups excluding tert-OH is 1. The number of alkyl carbamates (subject to hydrolysis) is 1. The van der Waals surface area contributed by atoms with E-state index in [1.165, 1.54) is 7.11 Å². The number of hydrogen-bond donors (Lipinski definition) is 2. The molecule has 0 bridgehead atoms. The topological polar surface area (TPSA) is 95.5 Å². The number of nitrogens with one attached hydrogen (secondary N) is 1. The molecular formula is C20H25NO7. The number of carbonyl (C=O) groups is 1. The Balaban J connectivity index is 1.63. The normalized spacial score (nSPS) is 32.0. The van der Waals surface area contributed by atoms with Gasteiger partial charge in [0.25, 0.3) is 0 Å². The van der Waals surface area contributed by atoms with Gasteiger partial charge in [0.1, 0.15) is 18.3 Å². The van der Waals surface area contributed by atoms with Crippen LogP contribution in [0.4, 0.5) is 4.79 Å². The van der Waals surface area contributed by atoms with Gasteiger partial charge < -0.3 is 34.1 Å².